The number of rotatable bonds is 6. The first kappa shape index (κ1) is 22.2. The van der Waals surface area contributed by atoms with Crippen LogP contribution in [0.15, 0.2) is 60.7 Å². The van der Waals surface area contributed by atoms with Crippen LogP contribution < -0.4 is 8.79 Å². The molecule has 0 atom stereocenters. The molecule has 0 aliphatic carbocycles. The molecule has 1 heterocycles. The molecule has 0 radical (unpaired) electrons. The van der Waals surface area contributed by atoms with Gasteiger partial charge in [-0.2, -0.15) is 0 Å². The zero-order chi connectivity index (χ0) is 20.4. The Bertz CT molecular complexity index is 703. The molecule has 1 aliphatic rings. The summed E-state index contributed by atoms with van der Waals surface area (Å²) in [5.74, 6) is 0. The number of hydrogen-bond donors (Lipinski definition) is 0. The predicted molar refractivity (Wildman–Crippen MR) is 128 cm³/mol. The molecule has 1 aliphatic heterocycles. The van der Waals surface area contributed by atoms with Crippen LogP contribution in [0.5, 0.6) is 0 Å². The van der Waals surface area contributed by atoms with Crippen LogP contribution in [0.2, 0.25) is 14.8 Å². The Morgan fingerprint density at radius 1 is 0.786 bits per heavy atom. The zero-order valence-electron chi connectivity index (χ0n) is 18.7. The van der Waals surface area contributed by atoms with Crippen molar-refractivity contribution in [2.45, 2.75) is 81.2 Å². The minimum atomic E-state index is -3.06. The van der Waals surface area contributed by atoms with Crippen LogP contribution in [-0.4, -0.2) is 28.5 Å². The first-order valence-corrected chi connectivity index (χ1v) is 24.6. The van der Waals surface area contributed by atoms with E-state index >= 15 is 0 Å². The van der Waals surface area contributed by atoms with Crippen molar-refractivity contribution in [3.63, 3.8) is 0 Å². The Balaban J connectivity index is 2.40. The van der Waals surface area contributed by atoms with E-state index in [-0.39, 0.29) is 5.60 Å². The van der Waals surface area contributed by atoms with Gasteiger partial charge in [-0.3, -0.25) is 0 Å². The van der Waals surface area contributed by atoms with E-state index in [2.05, 4.69) is 102 Å². The van der Waals surface area contributed by atoms with Gasteiger partial charge in [-0.1, -0.05) is 0 Å². The summed E-state index contributed by atoms with van der Waals surface area (Å²) in [6.45, 7) is 14.8. The Labute approximate surface area is 176 Å². The van der Waals surface area contributed by atoms with Crippen LogP contribution in [0, 0.1) is 0 Å². The maximum absolute atomic E-state index is 7.74. The van der Waals surface area contributed by atoms with E-state index in [1.165, 1.54) is 11.7 Å². The summed E-state index contributed by atoms with van der Waals surface area (Å²) in [5, 5.41) is 1.46. The SMILES string of the molecule is CCC1(CC)C[CH2][Ge]([CH](C)C)([CH](C)C)[Ge]([c]2ccccc2)([c]2ccccc2)[O]1. The van der Waals surface area contributed by atoms with E-state index < -0.39 is 22.9 Å². The van der Waals surface area contributed by atoms with Gasteiger partial charge in [-0.05, 0) is 0 Å². The van der Waals surface area contributed by atoms with Crippen molar-refractivity contribution in [1.82, 2.24) is 0 Å². The summed E-state index contributed by atoms with van der Waals surface area (Å²) >= 11 is -5.50. The first-order valence-electron chi connectivity index (χ1n) is 11.2. The molecular weight excluding hydrogens is 461 g/mol. The standard InChI is InChI=1S/C25H38Ge2O/c1-7-25(8-2)19-20-26(21(3)4,22(5)6)27(28-25,23-15-11-9-12-16-23)24-17-13-10-14-18-24/h9-18,21-22H,7-8,19-20H2,1-6H3. The molecule has 3 rings (SSSR count). The van der Waals surface area contributed by atoms with Gasteiger partial charge in [-0.25, -0.2) is 0 Å². The fourth-order valence-corrected chi connectivity index (χ4v) is 68.8. The van der Waals surface area contributed by atoms with E-state index in [0.717, 1.165) is 22.3 Å². The van der Waals surface area contributed by atoms with Crippen molar-refractivity contribution in [3.05, 3.63) is 60.7 Å². The van der Waals surface area contributed by atoms with E-state index in [9.17, 15) is 0 Å². The number of hydrogen-bond acceptors (Lipinski definition) is 1. The third-order valence-corrected chi connectivity index (χ3v) is 64.8. The second-order valence-corrected chi connectivity index (χ2v) is 43.0. The summed E-state index contributed by atoms with van der Waals surface area (Å²) in [5.41, 5.74) is 0.0597. The van der Waals surface area contributed by atoms with Crippen LogP contribution in [-0.2, 0) is 3.76 Å². The van der Waals surface area contributed by atoms with Crippen molar-refractivity contribution in [1.29, 1.82) is 0 Å². The number of benzene rings is 2. The molecule has 3 heteroatoms. The van der Waals surface area contributed by atoms with Gasteiger partial charge in [0.25, 0.3) is 0 Å². The summed E-state index contributed by atoms with van der Waals surface area (Å²) in [6, 6.07) is 23.0. The van der Waals surface area contributed by atoms with Gasteiger partial charge in [-0.15, -0.1) is 0 Å². The van der Waals surface area contributed by atoms with E-state index in [1.54, 1.807) is 8.79 Å². The molecule has 0 spiro atoms. The van der Waals surface area contributed by atoms with Crippen LogP contribution in [0.3, 0.4) is 0 Å². The molecular formula is C25H38Ge2O. The second-order valence-electron chi connectivity index (χ2n) is 9.26. The third kappa shape index (κ3) is 3.36. The maximum atomic E-state index is 7.74. The van der Waals surface area contributed by atoms with E-state index in [0.29, 0.717) is 0 Å². The summed E-state index contributed by atoms with van der Waals surface area (Å²) < 4.78 is 12.4. The fraction of sp³-hybridized carbons (Fsp3) is 0.520. The monoisotopic (exact) mass is 502 g/mol. The van der Waals surface area contributed by atoms with Crippen molar-refractivity contribution >= 4 is 31.7 Å². The Kier molecular flexibility index (Phi) is 6.89. The van der Waals surface area contributed by atoms with Crippen LogP contribution in [0.25, 0.3) is 0 Å². The average molecular weight is 500 g/mol. The molecule has 0 saturated carbocycles. The topological polar surface area (TPSA) is 9.23 Å². The van der Waals surface area contributed by atoms with Gasteiger partial charge in [0, 0.05) is 0 Å². The Hall–Kier alpha value is -0.514. The summed E-state index contributed by atoms with van der Waals surface area (Å²) in [7, 11) is 0. The Morgan fingerprint density at radius 3 is 1.57 bits per heavy atom. The van der Waals surface area contributed by atoms with Crippen LogP contribution >= 0.6 is 0 Å². The normalized spacial score (nSPS) is 20.4. The minimum absolute atomic E-state index is 0.0597. The van der Waals surface area contributed by atoms with Gasteiger partial charge in [0.05, 0.1) is 0 Å². The van der Waals surface area contributed by atoms with E-state index in [4.69, 9.17) is 3.76 Å². The molecule has 152 valence electrons. The molecule has 2 aromatic rings. The van der Waals surface area contributed by atoms with Crippen molar-refractivity contribution < 1.29 is 3.76 Å². The molecule has 1 nitrogen and oxygen atoms in total. The van der Waals surface area contributed by atoms with E-state index in [1.807, 2.05) is 0 Å². The van der Waals surface area contributed by atoms with Crippen molar-refractivity contribution in [3.8, 4) is 0 Å². The zero-order valence-corrected chi connectivity index (χ0v) is 22.9. The van der Waals surface area contributed by atoms with Gasteiger partial charge in [0.15, 0.2) is 0 Å². The summed E-state index contributed by atoms with van der Waals surface area (Å²) in [6.07, 6.45) is 3.53. The van der Waals surface area contributed by atoms with Gasteiger partial charge in [0.2, 0.25) is 0 Å². The molecule has 0 N–H and O–H groups in total. The molecule has 0 bridgehead atoms. The molecule has 28 heavy (non-hydrogen) atoms. The van der Waals surface area contributed by atoms with Gasteiger partial charge >= 0.3 is 177 Å². The average Bonchev–Trinajstić information content (AvgIpc) is 2.74. The Morgan fingerprint density at radius 2 is 1.21 bits per heavy atom. The molecule has 2 aromatic carbocycles. The van der Waals surface area contributed by atoms with Crippen molar-refractivity contribution in [2.75, 3.05) is 0 Å². The van der Waals surface area contributed by atoms with Crippen LogP contribution in [0.4, 0.5) is 0 Å². The van der Waals surface area contributed by atoms with Crippen molar-refractivity contribution in [2.24, 2.45) is 0 Å². The third-order valence-electron chi connectivity index (χ3n) is 7.73. The second kappa shape index (κ2) is 8.69. The van der Waals surface area contributed by atoms with Crippen LogP contribution in [0.1, 0.15) is 60.8 Å². The predicted octanol–water partition coefficient (Wildman–Crippen LogP) is 6.07. The molecule has 0 aromatic heterocycles. The molecule has 0 amide bonds. The fourth-order valence-electron chi connectivity index (χ4n) is 6.05. The van der Waals surface area contributed by atoms with Gasteiger partial charge < -0.3 is 0 Å². The first-order chi connectivity index (χ1) is 13.4. The van der Waals surface area contributed by atoms with Gasteiger partial charge in [0.1, 0.15) is 0 Å². The summed E-state index contributed by atoms with van der Waals surface area (Å²) in [4.78, 5) is 0. The molecule has 0 unspecified atom stereocenters. The molecule has 1 fully saturated rings. The quantitative estimate of drug-likeness (QED) is 0.438. The molecule has 1 saturated heterocycles.